The lowest BCUT2D eigenvalue weighted by atomic mass is 9.98. The Morgan fingerprint density at radius 2 is 1.75 bits per heavy atom. The quantitative estimate of drug-likeness (QED) is 0.740. The van der Waals surface area contributed by atoms with Gasteiger partial charge in [-0.15, -0.1) is 0 Å². The van der Waals surface area contributed by atoms with Crippen LogP contribution in [0.2, 0.25) is 0 Å². The van der Waals surface area contributed by atoms with Gasteiger partial charge in [-0.3, -0.25) is 4.90 Å². The maximum atomic E-state index is 11.7. The second kappa shape index (κ2) is 6.53. The zero-order valence-corrected chi connectivity index (χ0v) is 12.6. The normalized spacial score (nSPS) is 15.4. The fraction of sp³-hybridized carbons (Fsp3) is 0.214. The van der Waals surface area contributed by atoms with Crippen molar-refractivity contribution in [2.45, 2.75) is 9.71 Å². The van der Waals surface area contributed by atoms with Gasteiger partial charge in [0.1, 0.15) is 6.61 Å². The maximum Gasteiger partial charge on any atom is 0.418 e. The van der Waals surface area contributed by atoms with E-state index >= 15 is 0 Å². The third-order valence-corrected chi connectivity index (χ3v) is 2.99. The summed E-state index contributed by atoms with van der Waals surface area (Å²) < 4.78 is 3.27. The molecule has 0 aliphatic carbocycles. The van der Waals surface area contributed by atoms with Crippen LogP contribution in [-0.2, 0) is 4.74 Å². The van der Waals surface area contributed by atoms with Crippen LogP contribution in [0.5, 0.6) is 0 Å². The molecule has 6 heteroatoms. The van der Waals surface area contributed by atoms with E-state index in [-0.39, 0.29) is 12.5 Å². The summed E-state index contributed by atoms with van der Waals surface area (Å²) in [5, 5.41) is 0. The van der Waals surface area contributed by atoms with Crippen LogP contribution in [-0.4, -0.2) is 21.4 Å². The molecule has 1 aromatic rings. The minimum Gasteiger partial charge on any atom is -0.444 e. The first-order valence-corrected chi connectivity index (χ1v) is 7.02. The predicted molar refractivity (Wildman–Crippen MR) is 80.9 cm³/mol. The first kappa shape index (κ1) is 15.2. The standard InChI is InChI=1S/C14H12Cl3NO2/c15-14(16,17)10-20-13(19)18-8-6-12(7-9-18)11-4-2-1-3-5-11/h1-9,12H,10H2. The molecule has 0 radical (unpaired) electrons. The van der Waals surface area contributed by atoms with E-state index in [0.717, 1.165) is 5.56 Å². The summed E-state index contributed by atoms with van der Waals surface area (Å²) >= 11 is 16.6. The van der Waals surface area contributed by atoms with E-state index in [0.29, 0.717) is 0 Å². The highest BCUT2D eigenvalue weighted by atomic mass is 35.6. The van der Waals surface area contributed by atoms with E-state index in [1.807, 2.05) is 42.5 Å². The molecule has 1 aliphatic heterocycles. The number of carbonyl (C=O) groups excluding carboxylic acids is 1. The number of alkyl halides is 3. The van der Waals surface area contributed by atoms with Crippen molar-refractivity contribution < 1.29 is 9.53 Å². The van der Waals surface area contributed by atoms with Gasteiger partial charge in [0.15, 0.2) is 0 Å². The number of amides is 1. The molecule has 106 valence electrons. The summed E-state index contributed by atoms with van der Waals surface area (Å²) in [6.07, 6.45) is 6.48. The maximum absolute atomic E-state index is 11.7. The van der Waals surface area contributed by atoms with Gasteiger partial charge in [0.05, 0.1) is 0 Å². The fourth-order valence-corrected chi connectivity index (χ4v) is 1.89. The SMILES string of the molecule is O=C(OCC(Cl)(Cl)Cl)N1C=CC(c2ccccc2)C=C1. The first-order valence-electron chi connectivity index (χ1n) is 5.89. The molecule has 1 amide bonds. The van der Waals surface area contributed by atoms with Crippen LogP contribution in [0.1, 0.15) is 11.5 Å². The predicted octanol–water partition coefficient (Wildman–Crippen LogP) is 4.62. The number of rotatable bonds is 2. The van der Waals surface area contributed by atoms with Gasteiger partial charge in [-0.2, -0.15) is 0 Å². The van der Waals surface area contributed by atoms with E-state index in [1.54, 1.807) is 12.4 Å². The lowest BCUT2D eigenvalue weighted by Gasteiger charge is -2.21. The second-order valence-corrected chi connectivity index (χ2v) is 6.71. The average molecular weight is 333 g/mol. The number of carbonyl (C=O) groups is 1. The molecule has 2 rings (SSSR count). The monoisotopic (exact) mass is 331 g/mol. The number of nitrogens with zero attached hydrogens (tertiary/aromatic N) is 1. The molecule has 0 atom stereocenters. The van der Waals surface area contributed by atoms with Gasteiger partial charge in [0.2, 0.25) is 3.79 Å². The summed E-state index contributed by atoms with van der Waals surface area (Å²) in [5.41, 5.74) is 1.15. The summed E-state index contributed by atoms with van der Waals surface area (Å²) in [6, 6.07) is 9.95. The van der Waals surface area contributed by atoms with Crippen molar-refractivity contribution in [2.75, 3.05) is 6.61 Å². The van der Waals surface area contributed by atoms with E-state index in [9.17, 15) is 4.79 Å². The van der Waals surface area contributed by atoms with Gasteiger partial charge in [-0.25, -0.2) is 4.79 Å². The molecule has 0 fully saturated rings. The molecule has 1 heterocycles. The average Bonchev–Trinajstić information content (AvgIpc) is 2.45. The molecule has 0 spiro atoms. The molecule has 0 bridgehead atoms. The molecule has 0 aromatic heterocycles. The lowest BCUT2D eigenvalue weighted by Crippen LogP contribution is -2.26. The highest BCUT2D eigenvalue weighted by Gasteiger charge is 2.24. The number of ether oxygens (including phenoxy) is 1. The Hall–Kier alpha value is -1.16. The van der Waals surface area contributed by atoms with Crippen molar-refractivity contribution in [1.29, 1.82) is 0 Å². The van der Waals surface area contributed by atoms with Gasteiger partial charge in [-0.05, 0) is 5.56 Å². The van der Waals surface area contributed by atoms with Crippen molar-refractivity contribution in [3.05, 3.63) is 60.4 Å². The Bertz CT molecular complexity index is 509. The third-order valence-electron chi connectivity index (χ3n) is 2.66. The minimum atomic E-state index is -1.61. The Balaban J connectivity index is 1.93. The van der Waals surface area contributed by atoms with Crippen molar-refractivity contribution in [3.63, 3.8) is 0 Å². The fourth-order valence-electron chi connectivity index (χ4n) is 1.72. The summed E-state index contributed by atoms with van der Waals surface area (Å²) in [5.74, 6) is 0.133. The molecule has 1 aliphatic rings. The van der Waals surface area contributed by atoms with Crippen LogP contribution in [0.25, 0.3) is 0 Å². The Labute approximate surface area is 132 Å². The molecule has 0 N–H and O–H groups in total. The molecule has 0 unspecified atom stereocenters. The smallest absolute Gasteiger partial charge is 0.418 e. The lowest BCUT2D eigenvalue weighted by molar-refractivity contribution is 0.129. The van der Waals surface area contributed by atoms with E-state index in [4.69, 9.17) is 39.5 Å². The number of benzene rings is 1. The Kier molecular flexibility index (Phi) is 4.97. The van der Waals surface area contributed by atoms with Crippen LogP contribution in [0.15, 0.2) is 54.9 Å². The van der Waals surface area contributed by atoms with Crippen LogP contribution >= 0.6 is 34.8 Å². The molecule has 0 saturated heterocycles. The third kappa shape index (κ3) is 4.44. The Morgan fingerprint density at radius 1 is 1.15 bits per heavy atom. The Morgan fingerprint density at radius 3 is 2.30 bits per heavy atom. The minimum absolute atomic E-state index is 0.133. The van der Waals surface area contributed by atoms with Gasteiger partial charge in [0.25, 0.3) is 0 Å². The molecule has 1 aromatic carbocycles. The van der Waals surface area contributed by atoms with Crippen LogP contribution in [0.4, 0.5) is 4.79 Å². The van der Waals surface area contributed by atoms with E-state index in [1.165, 1.54) is 4.90 Å². The number of allylic oxidation sites excluding steroid dienone is 2. The van der Waals surface area contributed by atoms with Crippen LogP contribution < -0.4 is 0 Å². The summed E-state index contributed by atoms with van der Waals surface area (Å²) in [6.45, 7) is -0.295. The zero-order chi connectivity index (χ0) is 14.6. The zero-order valence-electron chi connectivity index (χ0n) is 10.4. The largest absolute Gasteiger partial charge is 0.444 e. The van der Waals surface area contributed by atoms with Gasteiger partial charge in [0, 0.05) is 18.3 Å². The molecule has 20 heavy (non-hydrogen) atoms. The second-order valence-electron chi connectivity index (χ2n) is 4.20. The van der Waals surface area contributed by atoms with Gasteiger partial charge in [-0.1, -0.05) is 77.3 Å². The highest BCUT2D eigenvalue weighted by Crippen LogP contribution is 2.27. The highest BCUT2D eigenvalue weighted by molar-refractivity contribution is 6.67. The van der Waals surface area contributed by atoms with Gasteiger partial charge < -0.3 is 4.74 Å². The van der Waals surface area contributed by atoms with Crippen LogP contribution in [0.3, 0.4) is 0 Å². The van der Waals surface area contributed by atoms with Crippen molar-refractivity contribution in [1.82, 2.24) is 4.90 Å². The first-order chi connectivity index (χ1) is 9.46. The summed E-state index contributed by atoms with van der Waals surface area (Å²) in [4.78, 5) is 13.0. The molecular formula is C14H12Cl3NO2. The van der Waals surface area contributed by atoms with Crippen molar-refractivity contribution in [2.24, 2.45) is 0 Å². The van der Waals surface area contributed by atoms with Crippen LogP contribution in [0, 0.1) is 0 Å². The van der Waals surface area contributed by atoms with Crippen molar-refractivity contribution in [3.8, 4) is 0 Å². The van der Waals surface area contributed by atoms with Gasteiger partial charge >= 0.3 is 6.09 Å². The number of halogens is 3. The summed E-state index contributed by atoms with van der Waals surface area (Å²) in [7, 11) is 0. The molecule has 3 nitrogen and oxygen atoms in total. The number of hydrogen-bond acceptors (Lipinski definition) is 2. The molecular weight excluding hydrogens is 321 g/mol. The van der Waals surface area contributed by atoms with E-state index < -0.39 is 9.89 Å². The van der Waals surface area contributed by atoms with Crippen molar-refractivity contribution >= 4 is 40.9 Å². The topological polar surface area (TPSA) is 29.5 Å². The molecule has 0 saturated carbocycles. The number of hydrogen-bond donors (Lipinski definition) is 0. The van der Waals surface area contributed by atoms with E-state index in [2.05, 4.69) is 0 Å².